The van der Waals surface area contributed by atoms with Gasteiger partial charge in [0, 0.05) is 11.5 Å². The summed E-state index contributed by atoms with van der Waals surface area (Å²) in [6, 6.07) is 0. The monoisotopic (exact) mass is 281 g/mol. The summed E-state index contributed by atoms with van der Waals surface area (Å²) in [5.74, 6) is -0.108. The van der Waals surface area contributed by atoms with Gasteiger partial charge in [0.1, 0.15) is 0 Å². The predicted octanol–water partition coefficient (Wildman–Crippen LogP) is 2.83. The molecule has 0 spiro atoms. The Morgan fingerprint density at radius 3 is 2.55 bits per heavy atom. The van der Waals surface area contributed by atoms with E-state index in [0.29, 0.717) is 6.42 Å². The second-order valence-electron chi connectivity index (χ2n) is 6.88. The molecule has 1 amide bonds. The van der Waals surface area contributed by atoms with Gasteiger partial charge in [-0.3, -0.25) is 9.59 Å². The molecule has 0 bridgehead atoms. The molecule has 0 saturated carbocycles. The fraction of sp³-hybridized carbons (Fsp3) is 0.750. The van der Waals surface area contributed by atoms with Crippen LogP contribution >= 0.6 is 0 Å². The molecular formula is C16H27NO3. The number of hydrogen-bond donors (Lipinski definition) is 1. The molecule has 1 aliphatic rings. The molecule has 4 nitrogen and oxygen atoms in total. The van der Waals surface area contributed by atoms with Crippen LogP contribution < -0.4 is 5.32 Å². The Morgan fingerprint density at radius 1 is 1.35 bits per heavy atom. The molecule has 0 radical (unpaired) electrons. The summed E-state index contributed by atoms with van der Waals surface area (Å²) < 4.78 is 4.86. The van der Waals surface area contributed by atoms with Crippen molar-refractivity contribution in [3.63, 3.8) is 0 Å². The van der Waals surface area contributed by atoms with Gasteiger partial charge in [0.25, 0.3) is 0 Å². The van der Waals surface area contributed by atoms with Gasteiger partial charge in [-0.25, -0.2) is 0 Å². The van der Waals surface area contributed by atoms with Crippen molar-refractivity contribution in [2.75, 3.05) is 7.11 Å². The largest absolute Gasteiger partial charge is 0.468 e. The van der Waals surface area contributed by atoms with Gasteiger partial charge < -0.3 is 10.1 Å². The lowest BCUT2D eigenvalue weighted by atomic mass is 9.80. The summed E-state index contributed by atoms with van der Waals surface area (Å²) in [5, 5.41) is 3.03. The highest BCUT2D eigenvalue weighted by molar-refractivity contribution is 5.80. The zero-order chi connectivity index (χ0) is 15.4. The van der Waals surface area contributed by atoms with E-state index in [1.807, 2.05) is 39.8 Å². The highest BCUT2D eigenvalue weighted by atomic mass is 16.5. The van der Waals surface area contributed by atoms with Gasteiger partial charge in [-0.15, -0.1) is 0 Å². The molecule has 4 heteroatoms. The minimum Gasteiger partial charge on any atom is -0.468 e. The molecule has 20 heavy (non-hydrogen) atoms. The number of carbonyl (C=O) groups is 2. The number of hydrogen-bond acceptors (Lipinski definition) is 3. The lowest BCUT2D eigenvalue weighted by Gasteiger charge is -2.28. The van der Waals surface area contributed by atoms with Crippen LogP contribution in [0.25, 0.3) is 0 Å². The number of ether oxygens (including phenoxy) is 1. The van der Waals surface area contributed by atoms with Crippen LogP contribution in [-0.2, 0) is 14.3 Å². The Morgan fingerprint density at radius 2 is 2.00 bits per heavy atom. The Hall–Kier alpha value is -1.32. The second kappa shape index (κ2) is 6.42. The van der Waals surface area contributed by atoms with Crippen LogP contribution in [0.1, 0.15) is 53.4 Å². The standard InChI is InChI=1S/C16H27NO3/c1-15(2,3)17-13(18)12-8-6-10-16(4,11-7-9-12)14(19)20-5/h6,10,12H,7-9,11H2,1-5H3,(H,17,18)/b10-6+. The van der Waals surface area contributed by atoms with E-state index in [9.17, 15) is 9.59 Å². The topological polar surface area (TPSA) is 55.4 Å². The third-order valence-corrected chi connectivity index (χ3v) is 3.68. The van der Waals surface area contributed by atoms with Gasteiger partial charge in [-0.2, -0.15) is 0 Å². The molecule has 0 aromatic heterocycles. The summed E-state index contributed by atoms with van der Waals surface area (Å²) in [5.41, 5.74) is -0.760. The molecule has 0 aromatic rings. The Kier molecular flexibility index (Phi) is 5.37. The maximum atomic E-state index is 12.2. The van der Waals surface area contributed by atoms with Crippen molar-refractivity contribution in [2.24, 2.45) is 11.3 Å². The molecule has 1 aliphatic carbocycles. The number of methoxy groups -OCH3 is 1. The van der Waals surface area contributed by atoms with Crippen molar-refractivity contribution in [2.45, 2.75) is 58.9 Å². The van der Waals surface area contributed by atoms with E-state index in [2.05, 4.69) is 5.32 Å². The SMILES string of the molecule is COC(=O)C1(C)/C=C/CC(C(=O)NC(C)(C)C)CCC1. The van der Waals surface area contributed by atoms with Crippen molar-refractivity contribution in [3.8, 4) is 0 Å². The smallest absolute Gasteiger partial charge is 0.315 e. The summed E-state index contributed by atoms with van der Waals surface area (Å²) in [6.45, 7) is 7.85. The average molecular weight is 281 g/mol. The highest BCUT2D eigenvalue weighted by Gasteiger charge is 2.33. The first-order valence-electron chi connectivity index (χ1n) is 7.26. The number of carbonyl (C=O) groups excluding carboxylic acids is 2. The first-order chi connectivity index (χ1) is 9.18. The van der Waals surface area contributed by atoms with E-state index in [0.717, 1.165) is 19.3 Å². The van der Waals surface area contributed by atoms with Crippen LogP contribution in [0.4, 0.5) is 0 Å². The number of rotatable bonds is 2. The lowest BCUT2D eigenvalue weighted by Crippen LogP contribution is -2.44. The maximum absolute atomic E-state index is 12.2. The number of amides is 1. The quantitative estimate of drug-likeness (QED) is 0.625. The van der Waals surface area contributed by atoms with Gasteiger partial charge in [0.2, 0.25) is 5.91 Å². The minimum absolute atomic E-state index is 0.00679. The summed E-state index contributed by atoms with van der Waals surface area (Å²) in [4.78, 5) is 24.0. The summed E-state index contributed by atoms with van der Waals surface area (Å²) in [7, 11) is 1.42. The third-order valence-electron chi connectivity index (χ3n) is 3.68. The van der Waals surface area contributed by atoms with Gasteiger partial charge in [0.15, 0.2) is 0 Å². The van der Waals surface area contributed by atoms with E-state index >= 15 is 0 Å². The Bertz CT molecular complexity index is 395. The summed E-state index contributed by atoms with van der Waals surface area (Å²) in [6.07, 6.45) is 6.89. The van der Waals surface area contributed by atoms with E-state index in [1.54, 1.807) is 0 Å². The fourth-order valence-corrected chi connectivity index (χ4v) is 2.52. The van der Waals surface area contributed by atoms with Gasteiger partial charge >= 0.3 is 5.97 Å². The van der Waals surface area contributed by atoms with Crippen LogP contribution in [0.2, 0.25) is 0 Å². The van der Waals surface area contributed by atoms with Gasteiger partial charge in [-0.05, 0) is 47.0 Å². The molecule has 0 aliphatic heterocycles. The molecular weight excluding hydrogens is 254 g/mol. The van der Waals surface area contributed by atoms with Crippen LogP contribution in [0.15, 0.2) is 12.2 Å². The van der Waals surface area contributed by atoms with Crippen LogP contribution in [0.3, 0.4) is 0 Å². The molecule has 1 rings (SSSR count). The molecule has 0 saturated heterocycles. The van der Waals surface area contributed by atoms with E-state index in [-0.39, 0.29) is 23.3 Å². The van der Waals surface area contributed by atoms with Crippen molar-refractivity contribution in [3.05, 3.63) is 12.2 Å². The Balaban J connectivity index is 2.71. The number of nitrogens with one attached hydrogen (secondary N) is 1. The van der Waals surface area contributed by atoms with Crippen LogP contribution in [-0.4, -0.2) is 24.5 Å². The first-order valence-corrected chi connectivity index (χ1v) is 7.26. The summed E-state index contributed by atoms with van der Waals surface area (Å²) >= 11 is 0. The lowest BCUT2D eigenvalue weighted by molar-refractivity contribution is -0.149. The normalized spacial score (nSPS) is 28.9. The van der Waals surface area contributed by atoms with Crippen molar-refractivity contribution in [1.82, 2.24) is 5.32 Å². The van der Waals surface area contributed by atoms with E-state index in [4.69, 9.17) is 4.74 Å². The van der Waals surface area contributed by atoms with Crippen molar-refractivity contribution >= 4 is 11.9 Å². The predicted molar refractivity (Wildman–Crippen MR) is 79.1 cm³/mol. The van der Waals surface area contributed by atoms with Crippen molar-refractivity contribution in [1.29, 1.82) is 0 Å². The maximum Gasteiger partial charge on any atom is 0.315 e. The average Bonchev–Trinajstić information content (AvgIpc) is 2.30. The van der Waals surface area contributed by atoms with E-state index in [1.165, 1.54) is 7.11 Å². The minimum atomic E-state index is -0.555. The van der Waals surface area contributed by atoms with Gasteiger partial charge in [-0.1, -0.05) is 18.6 Å². The molecule has 0 heterocycles. The molecule has 2 atom stereocenters. The zero-order valence-electron chi connectivity index (χ0n) is 13.3. The fourth-order valence-electron chi connectivity index (χ4n) is 2.52. The first kappa shape index (κ1) is 16.7. The molecule has 114 valence electrons. The zero-order valence-corrected chi connectivity index (χ0v) is 13.3. The van der Waals surface area contributed by atoms with Crippen LogP contribution in [0.5, 0.6) is 0 Å². The molecule has 2 unspecified atom stereocenters. The molecule has 0 fully saturated rings. The molecule has 0 aromatic carbocycles. The second-order valence-corrected chi connectivity index (χ2v) is 6.88. The Labute approximate surface area is 122 Å². The molecule has 1 N–H and O–H groups in total. The number of esters is 1. The van der Waals surface area contributed by atoms with E-state index < -0.39 is 5.41 Å². The third kappa shape index (κ3) is 4.66. The van der Waals surface area contributed by atoms with Crippen LogP contribution in [0, 0.1) is 11.3 Å². The van der Waals surface area contributed by atoms with Crippen molar-refractivity contribution < 1.29 is 14.3 Å². The number of allylic oxidation sites excluding steroid dienone is 1. The van der Waals surface area contributed by atoms with Gasteiger partial charge in [0.05, 0.1) is 12.5 Å². The highest BCUT2D eigenvalue weighted by Crippen LogP contribution is 2.32.